The molecule has 6 heteroatoms. The number of carbonyl (C=O) groups excluding carboxylic acids is 2. The molecule has 1 aliphatic heterocycles. The van der Waals surface area contributed by atoms with Gasteiger partial charge in [0.15, 0.2) is 0 Å². The number of hydrogen-bond acceptors (Lipinski definition) is 5. The fourth-order valence-electron chi connectivity index (χ4n) is 1.87. The number of nitrogens with one attached hydrogen (secondary N) is 1. The summed E-state index contributed by atoms with van der Waals surface area (Å²) >= 11 is 0. The van der Waals surface area contributed by atoms with E-state index in [1.807, 2.05) is 4.90 Å². The van der Waals surface area contributed by atoms with E-state index in [4.69, 9.17) is 9.47 Å². The van der Waals surface area contributed by atoms with Gasteiger partial charge in [-0.3, -0.25) is 14.5 Å². The Morgan fingerprint density at radius 2 is 2.24 bits per heavy atom. The lowest BCUT2D eigenvalue weighted by Crippen LogP contribution is -2.53. The van der Waals surface area contributed by atoms with Crippen LogP contribution in [0.3, 0.4) is 0 Å². The normalized spacial score (nSPS) is 25.4. The monoisotopic (exact) mass is 242 g/mol. The van der Waals surface area contributed by atoms with Crippen LogP contribution < -0.4 is 5.32 Å². The third-order valence-electron chi connectivity index (χ3n) is 3.00. The lowest BCUT2D eigenvalue weighted by molar-refractivity contribution is -0.154. The number of hydrogen-bond donors (Lipinski definition) is 1. The zero-order chi connectivity index (χ0) is 12.3. The molecule has 6 nitrogen and oxygen atoms in total. The lowest BCUT2D eigenvalue weighted by atomic mass is 10.2. The smallest absolute Gasteiger partial charge is 0.325 e. The van der Waals surface area contributed by atoms with E-state index < -0.39 is 6.04 Å². The van der Waals surface area contributed by atoms with Crippen LogP contribution in [0.5, 0.6) is 0 Å². The van der Waals surface area contributed by atoms with E-state index >= 15 is 0 Å². The number of esters is 1. The molecular formula is C11H18N2O4. The zero-order valence-electron chi connectivity index (χ0n) is 9.98. The molecule has 0 spiro atoms. The minimum absolute atomic E-state index is 0.0247. The Bertz CT molecular complexity index is 304. The van der Waals surface area contributed by atoms with E-state index in [0.717, 1.165) is 12.8 Å². The van der Waals surface area contributed by atoms with Crippen molar-refractivity contribution in [1.29, 1.82) is 0 Å². The highest BCUT2D eigenvalue weighted by Crippen LogP contribution is 2.18. The first kappa shape index (κ1) is 12.3. The summed E-state index contributed by atoms with van der Waals surface area (Å²) < 4.78 is 9.94. The Morgan fingerprint density at radius 3 is 2.88 bits per heavy atom. The number of morpholine rings is 1. The highest BCUT2D eigenvalue weighted by molar-refractivity contribution is 5.81. The van der Waals surface area contributed by atoms with Crippen molar-refractivity contribution in [3.8, 4) is 0 Å². The summed E-state index contributed by atoms with van der Waals surface area (Å²) in [5, 5.41) is 2.91. The average molecular weight is 242 g/mol. The van der Waals surface area contributed by atoms with Gasteiger partial charge in [0.2, 0.25) is 5.91 Å². The van der Waals surface area contributed by atoms with Crippen LogP contribution in [-0.4, -0.2) is 62.3 Å². The van der Waals surface area contributed by atoms with Crippen LogP contribution in [0.2, 0.25) is 0 Å². The molecule has 2 aliphatic rings. The van der Waals surface area contributed by atoms with E-state index in [1.54, 1.807) is 0 Å². The maximum absolute atomic E-state index is 11.7. The summed E-state index contributed by atoms with van der Waals surface area (Å²) in [7, 11) is 1.35. The van der Waals surface area contributed by atoms with Gasteiger partial charge in [-0.25, -0.2) is 0 Å². The van der Waals surface area contributed by atoms with Gasteiger partial charge in [-0.05, 0) is 12.8 Å². The summed E-state index contributed by atoms with van der Waals surface area (Å²) in [5.41, 5.74) is 0. The molecular weight excluding hydrogens is 224 g/mol. The largest absolute Gasteiger partial charge is 0.468 e. The standard InChI is InChI=1S/C11H18N2O4/c1-16-11(15)9-7-17-5-4-13(9)6-10(14)12-8-2-3-8/h8-9H,2-7H2,1H3,(H,12,14). The third-order valence-corrected chi connectivity index (χ3v) is 3.00. The maximum atomic E-state index is 11.7. The molecule has 17 heavy (non-hydrogen) atoms. The van der Waals surface area contributed by atoms with Crippen molar-refractivity contribution in [1.82, 2.24) is 10.2 Å². The molecule has 1 aliphatic carbocycles. The average Bonchev–Trinajstić information content (AvgIpc) is 3.12. The molecule has 1 atom stereocenters. The van der Waals surface area contributed by atoms with Gasteiger partial charge in [-0.1, -0.05) is 0 Å². The molecule has 1 saturated carbocycles. The summed E-state index contributed by atoms with van der Waals surface area (Å²) in [5.74, 6) is -0.368. The van der Waals surface area contributed by atoms with Gasteiger partial charge in [0.25, 0.3) is 0 Å². The molecule has 1 unspecified atom stereocenters. The van der Waals surface area contributed by atoms with Crippen molar-refractivity contribution in [2.45, 2.75) is 24.9 Å². The van der Waals surface area contributed by atoms with Crippen LogP contribution in [0.1, 0.15) is 12.8 Å². The second-order valence-corrected chi connectivity index (χ2v) is 4.43. The predicted octanol–water partition coefficient (Wildman–Crippen LogP) is -0.861. The SMILES string of the molecule is COC(=O)C1COCCN1CC(=O)NC1CC1. The minimum Gasteiger partial charge on any atom is -0.468 e. The molecule has 1 heterocycles. The van der Waals surface area contributed by atoms with E-state index in [1.165, 1.54) is 7.11 Å². The summed E-state index contributed by atoms with van der Waals surface area (Å²) in [6.45, 7) is 1.66. The molecule has 0 aromatic heterocycles. The Balaban J connectivity index is 1.86. The van der Waals surface area contributed by atoms with Crippen LogP contribution in [-0.2, 0) is 19.1 Å². The zero-order valence-corrected chi connectivity index (χ0v) is 9.98. The number of amides is 1. The van der Waals surface area contributed by atoms with Gasteiger partial charge >= 0.3 is 5.97 Å². The highest BCUT2D eigenvalue weighted by Gasteiger charge is 2.32. The second kappa shape index (κ2) is 5.46. The Morgan fingerprint density at radius 1 is 1.47 bits per heavy atom. The number of nitrogens with zero attached hydrogens (tertiary/aromatic N) is 1. The first-order chi connectivity index (χ1) is 8.20. The quantitative estimate of drug-likeness (QED) is 0.650. The maximum Gasteiger partial charge on any atom is 0.325 e. The molecule has 0 radical (unpaired) electrons. The first-order valence-electron chi connectivity index (χ1n) is 5.89. The fraction of sp³-hybridized carbons (Fsp3) is 0.818. The van der Waals surface area contributed by atoms with Crippen molar-refractivity contribution in [3.05, 3.63) is 0 Å². The van der Waals surface area contributed by atoms with E-state index in [9.17, 15) is 9.59 Å². The molecule has 0 aromatic carbocycles. The molecule has 96 valence electrons. The van der Waals surface area contributed by atoms with E-state index in [-0.39, 0.29) is 18.4 Å². The number of ether oxygens (including phenoxy) is 2. The van der Waals surface area contributed by atoms with Gasteiger partial charge in [-0.2, -0.15) is 0 Å². The van der Waals surface area contributed by atoms with Crippen LogP contribution in [0.15, 0.2) is 0 Å². The topological polar surface area (TPSA) is 67.9 Å². The van der Waals surface area contributed by atoms with Gasteiger partial charge in [0, 0.05) is 12.6 Å². The van der Waals surface area contributed by atoms with Crippen LogP contribution in [0.25, 0.3) is 0 Å². The Labute approximate surface area is 100 Å². The van der Waals surface area contributed by atoms with E-state index in [2.05, 4.69) is 5.32 Å². The van der Waals surface area contributed by atoms with E-state index in [0.29, 0.717) is 25.8 Å². The van der Waals surface area contributed by atoms with Gasteiger partial charge < -0.3 is 14.8 Å². The van der Waals surface area contributed by atoms with Crippen LogP contribution >= 0.6 is 0 Å². The minimum atomic E-state index is -0.460. The van der Waals surface area contributed by atoms with Crippen LogP contribution in [0, 0.1) is 0 Å². The Kier molecular flexibility index (Phi) is 3.96. The molecule has 2 rings (SSSR count). The van der Waals surface area contributed by atoms with Gasteiger partial charge in [0.1, 0.15) is 6.04 Å². The van der Waals surface area contributed by atoms with Crippen molar-refractivity contribution in [2.75, 3.05) is 33.4 Å². The number of rotatable bonds is 4. The highest BCUT2D eigenvalue weighted by atomic mass is 16.5. The summed E-state index contributed by atoms with van der Waals surface area (Å²) in [4.78, 5) is 25.0. The van der Waals surface area contributed by atoms with Crippen molar-refractivity contribution >= 4 is 11.9 Å². The first-order valence-corrected chi connectivity index (χ1v) is 5.89. The number of carbonyl (C=O) groups is 2. The fourth-order valence-corrected chi connectivity index (χ4v) is 1.87. The van der Waals surface area contributed by atoms with Crippen molar-refractivity contribution in [2.24, 2.45) is 0 Å². The molecule has 1 amide bonds. The molecule has 1 N–H and O–H groups in total. The predicted molar refractivity (Wildman–Crippen MR) is 59.4 cm³/mol. The lowest BCUT2D eigenvalue weighted by Gasteiger charge is -2.32. The van der Waals surface area contributed by atoms with Crippen molar-refractivity contribution < 1.29 is 19.1 Å². The van der Waals surface area contributed by atoms with Crippen molar-refractivity contribution in [3.63, 3.8) is 0 Å². The third kappa shape index (κ3) is 3.41. The van der Waals surface area contributed by atoms with Gasteiger partial charge in [0.05, 0.1) is 26.9 Å². The molecule has 0 bridgehead atoms. The Hall–Kier alpha value is -1.14. The summed E-state index contributed by atoms with van der Waals surface area (Å²) in [6.07, 6.45) is 2.13. The molecule has 0 aromatic rings. The molecule has 2 fully saturated rings. The van der Waals surface area contributed by atoms with Crippen LogP contribution in [0.4, 0.5) is 0 Å². The number of methoxy groups -OCH3 is 1. The van der Waals surface area contributed by atoms with Gasteiger partial charge in [-0.15, -0.1) is 0 Å². The molecule has 1 saturated heterocycles. The second-order valence-electron chi connectivity index (χ2n) is 4.43. The summed E-state index contributed by atoms with van der Waals surface area (Å²) in [6, 6.07) is -0.112.